The van der Waals surface area contributed by atoms with Crippen molar-refractivity contribution in [3.05, 3.63) is 23.7 Å². The van der Waals surface area contributed by atoms with Gasteiger partial charge in [-0.25, -0.2) is 0 Å². The van der Waals surface area contributed by atoms with Gasteiger partial charge in [-0.05, 0) is 12.1 Å². The van der Waals surface area contributed by atoms with Crippen LogP contribution < -0.4 is 5.73 Å². The number of carboxylic acid groups (broad SMARTS) is 1. The van der Waals surface area contributed by atoms with Gasteiger partial charge in [-0.1, -0.05) is 0 Å². The second-order valence-corrected chi connectivity index (χ2v) is 4.41. The number of nitrogens with zero attached hydrogens (tertiary/aromatic N) is 1. The van der Waals surface area contributed by atoms with Crippen molar-refractivity contribution >= 4 is 5.97 Å². The average molecular weight is 254 g/mol. The number of morpholine rings is 1. The number of carboxylic acids is 1. The van der Waals surface area contributed by atoms with Crippen molar-refractivity contribution in [3.8, 4) is 0 Å². The van der Waals surface area contributed by atoms with Crippen LogP contribution in [0.5, 0.6) is 0 Å². The van der Waals surface area contributed by atoms with Crippen molar-refractivity contribution in [2.24, 2.45) is 5.73 Å². The van der Waals surface area contributed by atoms with E-state index in [1.54, 1.807) is 6.07 Å². The molecule has 1 atom stereocenters. The highest BCUT2D eigenvalue weighted by atomic mass is 16.5. The lowest BCUT2D eigenvalue weighted by molar-refractivity contribution is -0.138. The van der Waals surface area contributed by atoms with E-state index in [1.807, 2.05) is 6.07 Å². The van der Waals surface area contributed by atoms with E-state index in [9.17, 15) is 4.79 Å². The van der Waals surface area contributed by atoms with Gasteiger partial charge in [0, 0.05) is 19.5 Å². The SMILES string of the molecule is NC(Cc1ccc(CN2CCOCC2)o1)C(=O)O. The van der Waals surface area contributed by atoms with Crippen LogP contribution in [0.15, 0.2) is 16.5 Å². The minimum atomic E-state index is -1.01. The highest BCUT2D eigenvalue weighted by molar-refractivity contribution is 5.73. The second kappa shape index (κ2) is 5.99. The Hall–Kier alpha value is -1.37. The summed E-state index contributed by atoms with van der Waals surface area (Å²) in [6.45, 7) is 4.01. The fraction of sp³-hybridized carbons (Fsp3) is 0.583. The number of rotatable bonds is 5. The highest BCUT2D eigenvalue weighted by Gasteiger charge is 2.16. The molecule has 1 aliphatic heterocycles. The summed E-state index contributed by atoms with van der Waals surface area (Å²) in [5.74, 6) is 0.443. The Kier molecular flexibility index (Phi) is 4.35. The van der Waals surface area contributed by atoms with Gasteiger partial charge in [0.1, 0.15) is 17.6 Å². The molecule has 100 valence electrons. The molecule has 0 radical (unpaired) electrons. The van der Waals surface area contributed by atoms with Gasteiger partial charge >= 0.3 is 5.97 Å². The van der Waals surface area contributed by atoms with E-state index in [1.165, 1.54) is 0 Å². The van der Waals surface area contributed by atoms with Crippen molar-refractivity contribution in [2.75, 3.05) is 26.3 Å². The van der Waals surface area contributed by atoms with Gasteiger partial charge in [0.15, 0.2) is 0 Å². The molecular weight excluding hydrogens is 236 g/mol. The van der Waals surface area contributed by atoms with Gasteiger partial charge in [0.05, 0.1) is 19.8 Å². The van der Waals surface area contributed by atoms with E-state index >= 15 is 0 Å². The normalized spacial score (nSPS) is 18.7. The van der Waals surface area contributed by atoms with Crippen molar-refractivity contribution in [2.45, 2.75) is 19.0 Å². The predicted octanol–water partition coefficient (Wildman–Crippen LogP) is 0.0662. The van der Waals surface area contributed by atoms with Crippen LogP contribution in [0.3, 0.4) is 0 Å². The molecule has 6 heteroatoms. The minimum Gasteiger partial charge on any atom is -0.480 e. The summed E-state index contributed by atoms with van der Waals surface area (Å²) in [4.78, 5) is 12.9. The zero-order valence-corrected chi connectivity index (χ0v) is 10.2. The van der Waals surface area contributed by atoms with Crippen molar-refractivity contribution in [1.82, 2.24) is 4.90 Å². The molecule has 1 aromatic heterocycles. The maximum atomic E-state index is 10.6. The topological polar surface area (TPSA) is 88.9 Å². The molecule has 0 aliphatic carbocycles. The summed E-state index contributed by atoms with van der Waals surface area (Å²) in [6, 6.07) is 2.75. The molecule has 18 heavy (non-hydrogen) atoms. The van der Waals surface area contributed by atoms with Crippen LogP contribution in [0.1, 0.15) is 11.5 Å². The second-order valence-electron chi connectivity index (χ2n) is 4.41. The Morgan fingerprint density at radius 2 is 2.06 bits per heavy atom. The van der Waals surface area contributed by atoms with E-state index < -0.39 is 12.0 Å². The summed E-state index contributed by atoms with van der Waals surface area (Å²) in [7, 11) is 0. The van der Waals surface area contributed by atoms with Crippen LogP contribution in [0, 0.1) is 0 Å². The van der Waals surface area contributed by atoms with E-state index in [4.69, 9.17) is 20.0 Å². The maximum absolute atomic E-state index is 10.6. The Morgan fingerprint density at radius 3 is 2.72 bits per heavy atom. The third-order valence-corrected chi connectivity index (χ3v) is 2.94. The number of hydrogen-bond donors (Lipinski definition) is 2. The van der Waals surface area contributed by atoms with Gasteiger partial charge in [-0.3, -0.25) is 9.69 Å². The number of carbonyl (C=O) groups is 1. The molecule has 1 aliphatic rings. The number of ether oxygens (including phenoxy) is 1. The molecule has 0 amide bonds. The number of hydrogen-bond acceptors (Lipinski definition) is 5. The van der Waals surface area contributed by atoms with Crippen LogP contribution in [-0.2, 0) is 22.5 Å². The van der Waals surface area contributed by atoms with Crippen LogP contribution >= 0.6 is 0 Å². The molecule has 6 nitrogen and oxygen atoms in total. The third-order valence-electron chi connectivity index (χ3n) is 2.94. The Balaban J connectivity index is 1.87. The fourth-order valence-corrected chi connectivity index (χ4v) is 1.90. The fourth-order valence-electron chi connectivity index (χ4n) is 1.90. The zero-order chi connectivity index (χ0) is 13.0. The van der Waals surface area contributed by atoms with Crippen LogP contribution in [0.4, 0.5) is 0 Å². The number of furan rings is 1. The van der Waals surface area contributed by atoms with Crippen LogP contribution in [0.25, 0.3) is 0 Å². The molecule has 1 aromatic rings. The van der Waals surface area contributed by atoms with E-state index in [-0.39, 0.29) is 6.42 Å². The zero-order valence-electron chi connectivity index (χ0n) is 10.2. The standard InChI is InChI=1S/C12H18N2O4/c13-11(12(15)16)7-9-1-2-10(18-9)8-14-3-5-17-6-4-14/h1-2,11H,3-8,13H2,(H,15,16). The minimum absolute atomic E-state index is 0.221. The molecule has 1 saturated heterocycles. The molecule has 2 rings (SSSR count). The molecule has 2 heterocycles. The third kappa shape index (κ3) is 3.56. The van der Waals surface area contributed by atoms with Crippen LogP contribution in [0.2, 0.25) is 0 Å². The molecule has 0 aromatic carbocycles. The Morgan fingerprint density at radius 1 is 1.39 bits per heavy atom. The first-order chi connectivity index (χ1) is 8.65. The number of nitrogens with two attached hydrogens (primary N) is 1. The summed E-state index contributed by atoms with van der Waals surface area (Å²) >= 11 is 0. The molecule has 1 unspecified atom stereocenters. The lowest BCUT2D eigenvalue weighted by Crippen LogP contribution is -2.35. The Bertz CT molecular complexity index is 399. The largest absolute Gasteiger partial charge is 0.480 e. The summed E-state index contributed by atoms with van der Waals surface area (Å²) in [6.07, 6.45) is 0.221. The monoisotopic (exact) mass is 254 g/mol. The molecule has 0 bridgehead atoms. The first-order valence-electron chi connectivity index (χ1n) is 6.01. The predicted molar refractivity (Wildman–Crippen MR) is 64.1 cm³/mol. The highest BCUT2D eigenvalue weighted by Crippen LogP contribution is 2.13. The van der Waals surface area contributed by atoms with E-state index in [0.717, 1.165) is 38.6 Å². The molecule has 1 fully saturated rings. The Labute approximate surface area is 105 Å². The smallest absolute Gasteiger partial charge is 0.320 e. The molecule has 0 spiro atoms. The van der Waals surface area contributed by atoms with Crippen molar-refractivity contribution in [1.29, 1.82) is 0 Å². The lowest BCUT2D eigenvalue weighted by atomic mass is 10.2. The van der Waals surface area contributed by atoms with Crippen molar-refractivity contribution in [3.63, 3.8) is 0 Å². The van der Waals surface area contributed by atoms with Crippen molar-refractivity contribution < 1.29 is 19.1 Å². The summed E-state index contributed by atoms with van der Waals surface area (Å²) < 4.78 is 10.8. The van der Waals surface area contributed by atoms with Gasteiger partial charge in [0.25, 0.3) is 0 Å². The molecule has 0 saturated carbocycles. The first-order valence-corrected chi connectivity index (χ1v) is 6.01. The summed E-state index contributed by atoms with van der Waals surface area (Å²) in [5.41, 5.74) is 5.46. The maximum Gasteiger partial charge on any atom is 0.320 e. The van der Waals surface area contributed by atoms with Gasteiger partial charge in [-0.15, -0.1) is 0 Å². The molecular formula is C12H18N2O4. The van der Waals surface area contributed by atoms with E-state index in [2.05, 4.69) is 4.90 Å². The summed E-state index contributed by atoms with van der Waals surface area (Å²) in [5, 5.41) is 8.72. The van der Waals surface area contributed by atoms with E-state index in [0.29, 0.717) is 5.76 Å². The molecule has 3 N–H and O–H groups in total. The average Bonchev–Trinajstić information content (AvgIpc) is 2.77. The number of aliphatic carboxylic acids is 1. The van der Waals surface area contributed by atoms with Crippen LogP contribution in [-0.4, -0.2) is 48.3 Å². The lowest BCUT2D eigenvalue weighted by Gasteiger charge is -2.25. The quantitative estimate of drug-likeness (QED) is 0.772. The van der Waals surface area contributed by atoms with Gasteiger partial charge < -0.3 is 20.0 Å². The van der Waals surface area contributed by atoms with Gasteiger partial charge in [-0.2, -0.15) is 0 Å². The first kappa shape index (κ1) is 13.1. The van der Waals surface area contributed by atoms with Gasteiger partial charge in [0.2, 0.25) is 0 Å².